The summed E-state index contributed by atoms with van der Waals surface area (Å²) in [6, 6.07) is 10.1. The van der Waals surface area contributed by atoms with Crippen molar-refractivity contribution in [3.05, 3.63) is 49.9 Å². The van der Waals surface area contributed by atoms with Gasteiger partial charge in [0, 0.05) is 14.5 Å². The Morgan fingerprint density at radius 2 is 1.87 bits per heavy atom. The Kier molecular flexibility index (Phi) is 4.06. The average molecular weight is 444 g/mol. The monoisotopic (exact) mass is 444 g/mol. The lowest BCUT2D eigenvalue weighted by molar-refractivity contribution is -0.136. The molecule has 1 aromatic carbocycles. The van der Waals surface area contributed by atoms with Crippen LogP contribution in [0.1, 0.15) is 16.0 Å². The van der Waals surface area contributed by atoms with Crippen molar-refractivity contribution in [1.29, 1.82) is 5.26 Å². The molecule has 3 aromatic rings. The smallest absolute Gasteiger partial charge is 0.237 e. The van der Waals surface area contributed by atoms with Gasteiger partial charge >= 0.3 is 6.18 Å². The third kappa shape index (κ3) is 2.93. The van der Waals surface area contributed by atoms with Gasteiger partial charge < -0.3 is 0 Å². The van der Waals surface area contributed by atoms with Crippen molar-refractivity contribution in [2.75, 3.05) is 0 Å². The van der Waals surface area contributed by atoms with E-state index in [0.717, 1.165) is 21.0 Å². The summed E-state index contributed by atoms with van der Waals surface area (Å²) in [5, 5.41) is 9.10. The number of alkyl halides is 3. The number of benzene rings is 1. The van der Waals surface area contributed by atoms with E-state index in [1.807, 2.05) is 18.2 Å². The van der Waals surface area contributed by atoms with E-state index in [1.165, 1.54) is 6.92 Å². The maximum atomic E-state index is 13.5. The molecule has 0 N–H and O–H groups in total. The van der Waals surface area contributed by atoms with E-state index in [9.17, 15) is 13.2 Å². The molecule has 0 unspecified atom stereocenters. The molecule has 0 spiro atoms. The minimum atomic E-state index is -4.50. The molecule has 2 nitrogen and oxygen atoms in total. The van der Waals surface area contributed by atoms with Crippen LogP contribution in [-0.4, -0.2) is 4.98 Å². The second-order valence-corrected chi connectivity index (χ2v) is 7.15. The van der Waals surface area contributed by atoms with Crippen molar-refractivity contribution in [3.63, 3.8) is 0 Å². The highest BCUT2D eigenvalue weighted by Gasteiger charge is 2.35. The predicted octanol–water partition coefficient (Wildman–Crippen LogP) is 5.77. The molecule has 0 atom stereocenters. The number of aryl methyl sites for hydroxylation is 1. The first-order valence-electron chi connectivity index (χ1n) is 6.48. The van der Waals surface area contributed by atoms with E-state index in [0.29, 0.717) is 11.1 Å². The number of fused-ring (bicyclic) bond motifs is 1. The topological polar surface area (TPSA) is 36.7 Å². The molecule has 0 aliphatic rings. The van der Waals surface area contributed by atoms with Gasteiger partial charge in [0.25, 0.3) is 0 Å². The summed E-state index contributed by atoms with van der Waals surface area (Å²) in [5.41, 5.74) is 0.460. The molecule has 3 rings (SSSR count). The van der Waals surface area contributed by atoms with Gasteiger partial charge in [-0.25, -0.2) is 4.98 Å². The third-order valence-corrected chi connectivity index (χ3v) is 5.26. The van der Waals surface area contributed by atoms with Crippen LogP contribution in [0.3, 0.4) is 0 Å². The van der Waals surface area contributed by atoms with Gasteiger partial charge in [0.1, 0.15) is 15.8 Å². The number of aromatic nitrogens is 1. The molecule has 2 aromatic heterocycles. The molecule has 116 valence electrons. The number of rotatable bonds is 1. The molecular formula is C16H8F3IN2S. The molecule has 0 bridgehead atoms. The lowest BCUT2D eigenvalue weighted by Gasteiger charge is -2.11. The second-order valence-electron chi connectivity index (χ2n) is 4.91. The second kappa shape index (κ2) is 5.76. The summed E-state index contributed by atoms with van der Waals surface area (Å²) in [7, 11) is 0. The molecule has 0 aliphatic carbocycles. The highest BCUT2D eigenvalue weighted by Crippen LogP contribution is 2.41. The maximum absolute atomic E-state index is 13.5. The zero-order chi connectivity index (χ0) is 16.8. The van der Waals surface area contributed by atoms with Gasteiger partial charge in [0.2, 0.25) is 0 Å². The van der Waals surface area contributed by atoms with Crippen molar-refractivity contribution >= 4 is 44.1 Å². The number of nitrogens with zero attached hydrogens (tertiary/aromatic N) is 2. The Morgan fingerprint density at radius 1 is 1.22 bits per heavy atom. The fourth-order valence-electron chi connectivity index (χ4n) is 2.34. The zero-order valence-corrected chi connectivity index (χ0v) is 14.7. The van der Waals surface area contributed by atoms with Crippen molar-refractivity contribution < 1.29 is 13.2 Å². The molecule has 7 heteroatoms. The van der Waals surface area contributed by atoms with E-state index >= 15 is 0 Å². The minimum absolute atomic E-state index is 0.0216. The van der Waals surface area contributed by atoms with Crippen LogP contribution in [0.5, 0.6) is 0 Å². The highest BCUT2D eigenvalue weighted by atomic mass is 127. The van der Waals surface area contributed by atoms with Gasteiger partial charge in [0.05, 0.1) is 11.3 Å². The third-order valence-electron chi connectivity index (χ3n) is 3.45. The summed E-state index contributed by atoms with van der Waals surface area (Å²) in [6.45, 7) is 1.53. The van der Waals surface area contributed by atoms with Crippen LogP contribution in [0.25, 0.3) is 21.5 Å². The minimum Gasteiger partial charge on any atom is -0.237 e. The van der Waals surface area contributed by atoms with Gasteiger partial charge in [-0.05, 0) is 53.3 Å². The largest absolute Gasteiger partial charge is 0.417 e. The van der Waals surface area contributed by atoms with Crippen molar-refractivity contribution in [3.8, 4) is 17.3 Å². The fourth-order valence-corrected chi connectivity index (χ4v) is 3.71. The molecule has 0 aliphatic heterocycles. The lowest BCUT2D eigenvalue weighted by Crippen LogP contribution is -2.07. The quantitative estimate of drug-likeness (QED) is 0.447. The Balaban J connectivity index is 2.34. The van der Waals surface area contributed by atoms with E-state index in [2.05, 4.69) is 27.6 Å². The van der Waals surface area contributed by atoms with E-state index in [1.54, 1.807) is 12.1 Å². The number of halogens is 4. The Hall–Kier alpha value is -1.66. The molecule has 0 amide bonds. The number of thiophene rings is 1. The Morgan fingerprint density at radius 3 is 2.43 bits per heavy atom. The lowest BCUT2D eigenvalue weighted by atomic mass is 10.0. The average Bonchev–Trinajstić information content (AvgIpc) is 2.82. The van der Waals surface area contributed by atoms with E-state index in [4.69, 9.17) is 5.26 Å². The fraction of sp³-hybridized carbons (Fsp3) is 0.125. The van der Waals surface area contributed by atoms with Crippen LogP contribution in [-0.2, 0) is 6.18 Å². The number of nitriles is 1. The van der Waals surface area contributed by atoms with Gasteiger partial charge in [-0.3, -0.25) is 0 Å². The number of hydrogen-bond acceptors (Lipinski definition) is 3. The van der Waals surface area contributed by atoms with Crippen LogP contribution in [0.2, 0.25) is 0 Å². The van der Waals surface area contributed by atoms with Crippen LogP contribution in [0, 0.1) is 21.8 Å². The Bertz CT molecular complexity index is 937. The van der Waals surface area contributed by atoms with Gasteiger partial charge in [-0.2, -0.15) is 18.4 Å². The summed E-state index contributed by atoms with van der Waals surface area (Å²) in [5.74, 6) is 0. The Labute approximate surface area is 147 Å². The van der Waals surface area contributed by atoms with Crippen LogP contribution < -0.4 is 0 Å². The van der Waals surface area contributed by atoms with Crippen LogP contribution in [0.15, 0.2) is 30.3 Å². The highest BCUT2D eigenvalue weighted by molar-refractivity contribution is 14.1. The number of pyridine rings is 1. The summed E-state index contributed by atoms with van der Waals surface area (Å²) in [4.78, 5) is 4.84. The van der Waals surface area contributed by atoms with Crippen LogP contribution >= 0.6 is 33.9 Å². The summed E-state index contributed by atoms with van der Waals surface area (Å²) >= 11 is 3.12. The first kappa shape index (κ1) is 16.2. The standard InChI is InChI=1S/C16H8F3IN2S/c1-8-13(7-21)23-15-14(8)11(16(17,18)19)6-12(22-15)9-2-4-10(20)5-3-9/h2-6H,1H3. The zero-order valence-electron chi connectivity index (χ0n) is 11.7. The van der Waals surface area contributed by atoms with Crippen molar-refractivity contribution in [2.24, 2.45) is 0 Å². The first-order valence-corrected chi connectivity index (χ1v) is 8.38. The molecule has 0 saturated carbocycles. The van der Waals surface area contributed by atoms with Gasteiger partial charge in [-0.15, -0.1) is 11.3 Å². The van der Waals surface area contributed by atoms with Gasteiger partial charge in [0.15, 0.2) is 0 Å². The van der Waals surface area contributed by atoms with Crippen molar-refractivity contribution in [1.82, 2.24) is 4.98 Å². The van der Waals surface area contributed by atoms with Crippen molar-refractivity contribution in [2.45, 2.75) is 13.1 Å². The normalized spacial score (nSPS) is 11.7. The molecule has 23 heavy (non-hydrogen) atoms. The van der Waals surface area contributed by atoms with E-state index < -0.39 is 11.7 Å². The molecule has 0 fully saturated rings. The molecule has 0 saturated heterocycles. The maximum Gasteiger partial charge on any atom is 0.417 e. The molecular weight excluding hydrogens is 436 g/mol. The predicted molar refractivity (Wildman–Crippen MR) is 92.2 cm³/mol. The van der Waals surface area contributed by atoms with Gasteiger partial charge in [-0.1, -0.05) is 12.1 Å². The summed E-state index contributed by atoms with van der Waals surface area (Å²) in [6.07, 6.45) is -4.50. The van der Waals surface area contributed by atoms with E-state index in [-0.39, 0.29) is 20.8 Å². The first-order chi connectivity index (χ1) is 10.8. The summed E-state index contributed by atoms with van der Waals surface area (Å²) < 4.78 is 41.4. The molecule has 0 radical (unpaired) electrons. The number of hydrogen-bond donors (Lipinski definition) is 0. The van der Waals surface area contributed by atoms with Crippen LogP contribution in [0.4, 0.5) is 13.2 Å². The molecule has 2 heterocycles. The SMILES string of the molecule is Cc1c(C#N)sc2nc(-c3ccc(I)cc3)cc(C(F)(F)F)c12.